The van der Waals surface area contributed by atoms with Gasteiger partial charge in [0.1, 0.15) is 0 Å². The zero-order valence-electron chi connectivity index (χ0n) is 10.1. The lowest BCUT2D eigenvalue weighted by molar-refractivity contribution is -0.137. The highest BCUT2D eigenvalue weighted by Gasteiger charge is 2.19. The van der Waals surface area contributed by atoms with Crippen LogP contribution in [0.5, 0.6) is 0 Å². The van der Waals surface area contributed by atoms with Gasteiger partial charge in [0.25, 0.3) is 0 Å². The number of rotatable bonds is 3. The van der Waals surface area contributed by atoms with Gasteiger partial charge in [-0.3, -0.25) is 4.79 Å². The number of hydrogen-bond donors (Lipinski definition) is 1. The summed E-state index contributed by atoms with van der Waals surface area (Å²) in [6.07, 6.45) is 1.24. The minimum absolute atomic E-state index is 0.193. The summed E-state index contributed by atoms with van der Waals surface area (Å²) in [7, 11) is 0. The molecule has 3 nitrogen and oxygen atoms in total. The summed E-state index contributed by atoms with van der Waals surface area (Å²) in [5.74, 6) is 1.46. The summed E-state index contributed by atoms with van der Waals surface area (Å²) >= 11 is 1.96. The van der Waals surface area contributed by atoms with Crippen LogP contribution in [0.3, 0.4) is 0 Å². The van der Waals surface area contributed by atoms with Crippen LogP contribution in [-0.4, -0.2) is 21.4 Å². The molecule has 0 saturated heterocycles. The van der Waals surface area contributed by atoms with Crippen molar-refractivity contribution in [3.05, 3.63) is 35.5 Å². The first-order chi connectivity index (χ1) is 8.77. The van der Waals surface area contributed by atoms with E-state index in [0.29, 0.717) is 6.54 Å². The Morgan fingerprint density at radius 2 is 2.22 bits per heavy atom. The predicted octanol–water partition coefficient (Wildman–Crippen LogP) is 2.91. The van der Waals surface area contributed by atoms with Crippen molar-refractivity contribution >= 4 is 28.6 Å². The molecule has 0 radical (unpaired) electrons. The van der Waals surface area contributed by atoms with E-state index in [1.807, 2.05) is 17.8 Å². The predicted molar refractivity (Wildman–Crippen MR) is 74.1 cm³/mol. The average molecular weight is 261 g/mol. The van der Waals surface area contributed by atoms with E-state index < -0.39 is 5.97 Å². The van der Waals surface area contributed by atoms with Crippen molar-refractivity contribution in [1.82, 2.24) is 4.57 Å². The molecular weight excluding hydrogens is 246 g/mol. The van der Waals surface area contributed by atoms with Crippen LogP contribution < -0.4 is 0 Å². The maximum atomic E-state index is 10.8. The molecule has 1 aliphatic rings. The second-order valence-electron chi connectivity index (χ2n) is 4.54. The Kier molecular flexibility index (Phi) is 3.04. The third-order valence-corrected chi connectivity index (χ3v) is 4.46. The number of hydrogen-bond acceptors (Lipinski definition) is 2. The third kappa shape index (κ3) is 1.90. The molecule has 1 N–H and O–H groups in total. The maximum absolute atomic E-state index is 10.8. The fourth-order valence-corrected chi connectivity index (χ4v) is 3.69. The summed E-state index contributed by atoms with van der Waals surface area (Å²) in [4.78, 5) is 10.8. The first kappa shape index (κ1) is 11.7. The molecule has 0 fully saturated rings. The van der Waals surface area contributed by atoms with Gasteiger partial charge >= 0.3 is 5.97 Å². The summed E-state index contributed by atoms with van der Waals surface area (Å²) < 4.78 is 2.21. The van der Waals surface area contributed by atoms with E-state index in [1.165, 1.54) is 22.2 Å². The van der Waals surface area contributed by atoms with Gasteiger partial charge in [-0.1, -0.05) is 18.2 Å². The van der Waals surface area contributed by atoms with Crippen LogP contribution in [0.2, 0.25) is 0 Å². The van der Waals surface area contributed by atoms with Gasteiger partial charge in [-0.05, 0) is 23.8 Å². The molecule has 94 valence electrons. The van der Waals surface area contributed by atoms with Gasteiger partial charge in [0, 0.05) is 28.9 Å². The molecule has 0 bridgehead atoms. The molecule has 0 amide bonds. The second-order valence-corrected chi connectivity index (χ2v) is 5.65. The third-order valence-electron chi connectivity index (χ3n) is 3.47. The number of aliphatic carboxylic acids is 1. The number of fused-ring (bicyclic) bond motifs is 3. The number of nitrogens with zero attached hydrogens (tertiary/aromatic N) is 1. The molecule has 0 unspecified atom stereocenters. The van der Waals surface area contributed by atoms with E-state index in [0.717, 1.165) is 17.9 Å². The van der Waals surface area contributed by atoms with E-state index in [2.05, 4.69) is 22.8 Å². The van der Waals surface area contributed by atoms with E-state index in [9.17, 15) is 4.79 Å². The van der Waals surface area contributed by atoms with Gasteiger partial charge in [0.2, 0.25) is 0 Å². The van der Waals surface area contributed by atoms with E-state index in [-0.39, 0.29) is 6.42 Å². The van der Waals surface area contributed by atoms with Crippen LogP contribution in [0.25, 0.3) is 10.9 Å². The molecular formula is C14H15NO2S. The summed E-state index contributed by atoms with van der Waals surface area (Å²) in [6, 6.07) is 8.33. The van der Waals surface area contributed by atoms with Gasteiger partial charge in [-0.15, -0.1) is 0 Å². The largest absolute Gasteiger partial charge is 0.481 e. The number of para-hydroxylation sites is 1. The fraction of sp³-hybridized carbons (Fsp3) is 0.357. The van der Waals surface area contributed by atoms with E-state index in [1.54, 1.807) is 0 Å². The van der Waals surface area contributed by atoms with Crippen LogP contribution in [0.4, 0.5) is 0 Å². The van der Waals surface area contributed by atoms with Crippen molar-refractivity contribution in [2.45, 2.75) is 25.1 Å². The first-order valence-corrected chi connectivity index (χ1v) is 7.31. The number of carboxylic acids is 1. The number of thioether (sulfide) groups is 1. The number of benzene rings is 1. The highest BCUT2D eigenvalue weighted by Crippen LogP contribution is 2.34. The van der Waals surface area contributed by atoms with E-state index >= 15 is 0 Å². The highest BCUT2D eigenvalue weighted by atomic mass is 32.2. The molecule has 0 spiro atoms. The Hall–Kier alpha value is -1.42. The van der Waals surface area contributed by atoms with Crippen LogP contribution >= 0.6 is 11.8 Å². The molecule has 1 aromatic carbocycles. The standard InChI is InChI=1S/C14H15NO2S/c16-14(17)5-7-15-12-4-2-1-3-10(12)11-9-18-8-6-13(11)15/h1-4H,5-9H2,(H,16,17). The molecule has 2 heterocycles. The molecule has 1 aromatic heterocycles. The molecule has 0 atom stereocenters. The van der Waals surface area contributed by atoms with Gasteiger partial charge in [-0.25, -0.2) is 0 Å². The van der Waals surface area contributed by atoms with Gasteiger partial charge in [0.05, 0.1) is 6.42 Å². The van der Waals surface area contributed by atoms with Crippen LogP contribution in [0.15, 0.2) is 24.3 Å². The molecule has 4 heteroatoms. The minimum Gasteiger partial charge on any atom is -0.481 e. The van der Waals surface area contributed by atoms with Crippen molar-refractivity contribution < 1.29 is 9.90 Å². The Morgan fingerprint density at radius 1 is 1.39 bits per heavy atom. The lowest BCUT2D eigenvalue weighted by Crippen LogP contribution is -2.11. The smallest absolute Gasteiger partial charge is 0.305 e. The van der Waals surface area contributed by atoms with Crippen molar-refractivity contribution in [2.75, 3.05) is 5.75 Å². The first-order valence-electron chi connectivity index (χ1n) is 6.16. The molecule has 0 aliphatic carbocycles. The zero-order chi connectivity index (χ0) is 12.5. The van der Waals surface area contributed by atoms with Crippen molar-refractivity contribution in [2.24, 2.45) is 0 Å². The Balaban J connectivity index is 2.13. The molecule has 2 aromatic rings. The normalized spacial score (nSPS) is 14.7. The van der Waals surface area contributed by atoms with Crippen LogP contribution in [0.1, 0.15) is 17.7 Å². The maximum Gasteiger partial charge on any atom is 0.305 e. The van der Waals surface area contributed by atoms with Gasteiger partial charge < -0.3 is 9.67 Å². The van der Waals surface area contributed by atoms with Crippen molar-refractivity contribution in [3.63, 3.8) is 0 Å². The molecule has 0 saturated carbocycles. The van der Waals surface area contributed by atoms with Gasteiger partial charge in [-0.2, -0.15) is 11.8 Å². The minimum atomic E-state index is -0.730. The SMILES string of the molecule is O=C(O)CCn1c2c(c3ccccc31)CSCC2. The molecule has 18 heavy (non-hydrogen) atoms. The topological polar surface area (TPSA) is 42.2 Å². The quantitative estimate of drug-likeness (QED) is 0.923. The molecule has 3 rings (SSSR count). The Morgan fingerprint density at radius 3 is 3.06 bits per heavy atom. The Labute approximate surface area is 110 Å². The lowest BCUT2D eigenvalue weighted by atomic mass is 10.1. The number of aromatic nitrogens is 1. The highest BCUT2D eigenvalue weighted by molar-refractivity contribution is 7.98. The van der Waals surface area contributed by atoms with Crippen molar-refractivity contribution in [3.8, 4) is 0 Å². The second kappa shape index (κ2) is 4.69. The van der Waals surface area contributed by atoms with Crippen molar-refractivity contribution in [1.29, 1.82) is 0 Å². The Bertz CT molecular complexity index is 603. The number of carboxylic acid groups (broad SMARTS) is 1. The summed E-state index contributed by atoms with van der Waals surface area (Å²) in [6.45, 7) is 0.579. The summed E-state index contributed by atoms with van der Waals surface area (Å²) in [5, 5.41) is 10.2. The van der Waals surface area contributed by atoms with E-state index in [4.69, 9.17) is 5.11 Å². The summed E-state index contributed by atoms with van der Waals surface area (Å²) in [5.41, 5.74) is 3.94. The zero-order valence-corrected chi connectivity index (χ0v) is 10.9. The van der Waals surface area contributed by atoms with Gasteiger partial charge in [0.15, 0.2) is 0 Å². The lowest BCUT2D eigenvalue weighted by Gasteiger charge is -2.15. The molecule has 1 aliphatic heterocycles. The van der Waals surface area contributed by atoms with Crippen LogP contribution in [0, 0.1) is 0 Å². The fourth-order valence-electron chi connectivity index (χ4n) is 2.68. The number of carbonyl (C=O) groups is 1. The number of aryl methyl sites for hydroxylation is 1. The monoisotopic (exact) mass is 261 g/mol. The van der Waals surface area contributed by atoms with Crippen LogP contribution in [-0.2, 0) is 23.5 Å². The average Bonchev–Trinajstić information content (AvgIpc) is 2.71.